The van der Waals surface area contributed by atoms with E-state index in [4.69, 9.17) is 5.11 Å². The second kappa shape index (κ2) is 4.09. The van der Waals surface area contributed by atoms with Crippen molar-refractivity contribution in [1.29, 1.82) is 0 Å². The number of rotatable bonds is 3. The number of aliphatic hydroxyl groups excluding tert-OH is 1. The summed E-state index contributed by atoms with van der Waals surface area (Å²) in [5, 5.41) is 8.54. The number of esters is 1. The van der Waals surface area contributed by atoms with Gasteiger partial charge in [-0.25, -0.2) is 4.79 Å². The molecule has 52 valence electrons. The van der Waals surface area contributed by atoms with Gasteiger partial charge in [0.05, 0.1) is 0 Å². The molecule has 1 atom stereocenters. The SMILES string of the molecule is C=CCOC(=O)[C@H](C)O. The zero-order valence-electron chi connectivity index (χ0n) is 5.33. The van der Waals surface area contributed by atoms with Crippen molar-refractivity contribution in [3.05, 3.63) is 12.7 Å². The lowest BCUT2D eigenvalue weighted by Crippen LogP contribution is -2.19. The van der Waals surface area contributed by atoms with Gasteiger partial charge in [0, 0.05) is 0 Å². The Morgan fingerprint density at radius 2 is 2.56 bits per heavy atom. The van der Waals surface area contributed by atoms with Gasteiger partial charge in [0.25, 0.3) is 0 Å². The average Bonchev–Trinajstić information content (AvgIpc) is 1.82. The summed E-state index contributed by atoms with van der Waals surface area (Å²) >= 11 is 0. The zero-order valence-corrected chi connectivity index (χ0v) is 5.33. The molecule has 0 spiro atoms. The number of hydrogen-bond donors (Lipinski definition) is 1. The van der Waals surface area contributed by atoms with Gasteiger partial charge in [-0.05, 0) is 6.92 Å². The average molecular weight is 130 g/mol. The summed E-state index contributed by atoms with van der Waals surface area (Å²) in [4.78, 5) is 10.4. The van der Waals surface area contributed by atoms with Crippen molar-refractivity contribution in [1.82, 2.24) is 0 Å². The third-order valence-electron chi connectivity index (χ3n) is 0.685. The summed E-state index contributed by atoms with van der Waals surface area (Å²) in [7, 11) is 0. The topological polar surface area (TPSA) is 46.5 Å². The Morgan fingerprint density at radius 3 is 2.89 bits per heavy atom. The first-order valence-corrected chi connectivity index (χ1v) is 2.64. The van der Waals surface area contributed by atoms with E-state index in [2.05, 4.69) is 11.3 Å². The van der Waals surface area contributed by atoms with E-state index in [1.165, 1.54) is 13.0 Å². The van der Waals surface area contributed by atoms with E-state index in [9.17, 15) is 4.79 Å². The van der Waals surface area contributed by atoms with Crippen molar-refractivity contribution in [2.24, 2.45) is 0 Å². The summed E-state index contributed by atoms with van der Waals surface area (Å²) in [6.07, 6.45) is 0.408. The van der Waals surface area contributed by atoms with Gasteiger partial charge in [0.1, 0.15) is 12.7 Å². The van der Waals surface area contributed by atoms with Gasteiger partial charge in [-0.15, -0.1) is 0 Å². The summed E-state index contributed by atoms with van der Waals surface area (Å²) in [5.74, 6) is -0.616. The van der Waals surface area contributed by atoms with Crippen LogP contribution < -0.4 is 0 Å². The number of carbonyl (C=O) groups is 1. The van der Waals surface area contributed by atoms with Gasteiger partial charge in [0.15, 0.2) is 0 Å². The van der Waals surface area contributed by atoms with Gasteiger partial charge in [0.2, 0.25) is 0 Å². The number of hydrogen-bond acceptors (Lipinski definition) is 3. The quantitative estimate of drug-likeness (QED) is 0.435. The standard InChI is InChI=1S/C6H10O3/c1-3-4-9-6(8)5(2)7/h3,5,7H,1,4H2,2H3/t5-/m0/s1. The maximum absolute atomic E-state index is 10.4. The van der Waals surface area contributed by atoms with Crippen molar-refractivity contribution >= 4 is 5.97 Å². The number of ether oxygens (including phenoxy) is 1. The molecule has 9 heavy (non-hydrogen) atoms. The van der Waals surface area contributed by atoms with Crippen molar-refractivity contribution in [3.63, 3.8) is 0 Å². The lowest BCUT2D eigenvalue weighted by Gasteiger charge is -2.01. The smallest absolute Gasteiger partial charge is 0.334 e. The highest BCUT2D eigenvalue weighted by Gasteiger charge is 2.07. The van der Waals surface area contributed by atoms with Gasteiger partial charge in [-0.2, -0.15) is 0 Å². The Balaban J connectivity index is 3.38. The van der Waals surface area contributed by atoms with Crippen LogP contribution in [0.2, 0.25) is 0 Å². The monoisotopic (exact) mass is 130 g/mol. The van der Waals surface area contributed by atoms with Crippen LogP contribution in [0.5, 0.6) is 0 Å². The minimum absolute atomic E-state index is 0.156. The van der Waals surface area contributed by atoms with E-state index in [0.717, 1.165) is 0 Å². The van der Waals surface area contributed by atoms with Crippen LogP contribution in [-0.4, -0.2) is 23.8 Å². The second-order valence-electron chi connectivity index (χ2n) is 1.59. The first-order valence-electron chi connectivity index (χ1n) is 2.64. The number of aliphatic hydroxyl groups is 1. The van der Waals surface area contributed by atoms with Gasteiger partial charge < -0.3 is 9.84 Å². The molecule has 0 aromatic carbocycles. The van der Waals surface area contributed by atoms with E-state index in [0.29, 0.717) is 0 Å². The Kier molecular flexibility index (Phi) is 3.71. The normalized spacial score (nSPS) is 12.2. The van der Waals surface area contributed by atoms with Crippen LogP contribution in [-0.2, 0) is 9.53 Å². The van der Waals surface area contributed by atoms with E-state index in [1.807, 2.05) is 0 Å². The van der Waals surface area contributed by atoms with Crippen LogP contribution in [0, 0.1) is 0 Å². The third-order valence-corrected chi connectivity index (χ3v) is 0.685. The lowest BCUT2D eigenvalue weighted by atomic mass is 10.4. The summed E-state index contributed by atoms with van der Waals surface area (Å²) < 4.78 is 4.45. The molecule has 0 heterocycles. The molecule has 0 radical (unpaired) electrons. The molecule has 0 saturated heterocycles. The minimum Gasteiger partial charge on any atom is -0.460 e. The molecule has 0 saturated carbocycles. The zero-order chi connectivity index (χ0) is 7.28. The lowest BCUT2D eigenvalue weighted by molar-refractivity contribution is -0.151. The molecule has 0 aliphatic heterocycles. The molecular weight excluding hydrogens is 120 g/mol. The van der Waals surface area contributed by atoms with Gasteiger partial charge in [-0.3, -0.25) is 0 Å². The van der Waals surface area contributed by atoms with Crippen LogP contribution >= 0.6 is 0 Å². The molecule has 0 bridgehead atoms. The minimum atomic E-state index is -1.04. The van der Waals surface area contributed by atoms with Crippen LogP contribution in [0.4, 0.5) is 0 Å². The van der Waals surface area contributed by atoms with Gasteiger partial charge in [-0.1, -0.05) is 12.7 Å². The summed E-state index contributed by atoms with van der Waals surface area (Å²) in [6.45, 7) is 4.84. The molecule has 3 nitrogen and oxygen atoms in total. The molecule has 0 aliphatic rings. The van der Waals surface area contributed by atoms with E-state index in [1.54, 1.807) is 0 Å². The predicted octanol–water partition coefficient (Wildman–Crippen LogP) is 0.0964. The van der Waals surface area contributed by atoms with Gasteiger partial charge >= 0.3 is 5.97 Å². The Bertz CT molecular complexity index is 107. The number of carbonyl (C=O) groups excluding carboxylic acids is 1. The highest BCUT2D eigenvalue weighted by atomic mass is 16.5. The molecule has 1 N–H and O–H groups in total. The predicted molar refractivity (Wildman–Crippen MR) is 32.8 cm³/mol. The highest BCUT2D eigenvalue weighted by molar-refractivity contribution is 5.73. The summed E-state index contributed by atoms with van der Waals surface area (Å²) in [6, 6.07) is 0. The van der Waals surface area contributed by atoms with Crippen LogP contribution in [0.3, 0.4) is 0 Å². The second-order valence-corrected chi connectivity index (χ2v) is 1.59. The van der Waals surface area contributed by atoms with E-state index >= 15 is 0 Å². The third kappa shape index (κ3) is 3.73. The largest absolute Gasteiger partial charge is 0.460 e. The molecule has 0 amide bonds. The molecule has 0 rings (SSSR count). The maximum atomic E-state index is 10.4. The fourth-order valence-electron chi connectivity index (χ4n) is 0.262. The van der Waals surface area contributed by atoms with E-state index in [-0.39, 0.29) is 6.61 Å². The van der Waals surface area contributed by atoms with E-state index < -0.39 is 12.1 Å². The van der Waals surface area contributed by atoms with Crippen molar-refractivity contribution in [2.75, 3.05) is 6.61 Å². The molecule has 0 unspecified atom stereocenters. The van der Waals surface area contributed by atoms with Crippen molar-refractivity contribution in [2.45, 2.75) is 13.0 Å². The van der Waals surface area contributed by atoms with Crippen LogP contribution in [0.15, 0.2) is 12.7 Å². The maximum Gasteiger partial charge on any atom is 0.334 e. The Labute approximate surface area is 53.9 Å². The summed E-state index contributed by atoms with van der Waals surface area (Å²) in [5.41, 5.74) is 0. The Hall–Kier alpha value is -0.830. The fourth-order valence-corrected chi connectivity index (χ4v) is 0.262. The van der Waals surface area contributed by atoms with Crippen LogP contribution in [0.25, 0.3) is 0 Å². The molecule has 3 heteroatoms. The van der Waals surface area contributed by atoms with Crippen LogP contribution in [0.1, 0.15) is 6.92 Å². The molecular formula is C6H10O3. The molecule has 0 aliphatic carbocycles. The Morgan fingerprint density at radius 1 is 2.00 bits per heavy atom. The van der Waals surface area contributed by atoms with Crippen molar-refractivity contribution in [3.8, 4) is 0 Å². The van der Waals surface area contributed by atoms with Crippen molar-refractivity contribution < 1.29 is 14.6 Å². The molecule has 0 fully saturated rings. The molecule has 0 aromatic rings. The highest BCUT2D eigenvalue weighted by Crippen LogP contribution is 1.85. The first kappa shape index (κ1) is 8.17. The fraction of sp³-hybridized carbons (Fsp3) is 0.500. The molecule has 0 aromatic heterocycles. The first-order chi connectivity index (χ1) is 4.18.